The van der Waals surface area contributed by atoms with Crippen molar-refractivity contribution in [1.82, 2.24) is 4.31 Å². The van der Waals surface area contributed by atoms with Gasteiger partial charge in [-0.05, 0) is 49.7 Å². The Morgan fingerprint density at radius 2 is 1.80 bits per heavy atom. The number of benzene rings is 2. The van der Waals surface area contributed by atoms with E-state index in [0.717, 1.165) is 15.4 Å². The minimum Gasteiger partial charge on any atom is -0.497 e. The summed E-state index contributed by atoms with van der Waals surface area (Å²) in [7, 11) is -0.842. The fourth-order valence-corrected chi connectivity index (χ4v) is 6.71. The van der Waals surface area contributed by atoms with Gasteiger partial charge >= 0.3 is 5.97 Å². The van der Waals surface area contributed by atoms with E-state index in [1.165, 1.54) is 23.9 Å². The van der Waals surface area contributed by atoms with Crippen molar-refractivity contribution in [1.29, 1.82) is 0 Å². The van der Waals surface area contributed by atoms with Crippen LogP contribution in [0.15, 0.2) is 47.4 Å². The number of aliphatic carboxylic acids is 1. The summed E-state index contributed by atoms with van der Waals surface area (Å²) in [6.45, 7) is 3.67. The fraction of sp³-hybridized carbons (Fsp3) is 0.381. The number of nitrogens with zero attached hydrogens (tertiary/aromatic N) is 1. The minimum atomic E-state index is -3.97. The molecule has 0 aromatic heterocycles. The van der Waals surface area contributed by atoms with Gasteiger partial charge in [-0.15, -0.1) is 0 Å². The predicted molar refractivity (Wildman–Crippen MR) is 117 cm³/mol. The molecule has 0 amide bonds. The first-order valence-corrected chi connectivity index (χ1v) is 11.8. The van der Waals surface area contributed by atoms with Crippen LogP contribution in [0.2, 0.25) is 0 Å². The Balaban J connectivity index is 1.99. The van der Waals surface area contributed by atoms with E-state index in [1.807, 2.05) is 6.07 Å². The van der Waals surface area contributed by atoms with E-state index in [9.17, 15) is 18.3 Å². The first kappa shape index (κ1) is 22.5. The molecule has 0 radical (unpaired) electrons. The van der Waals surface area contributed by atoms with E-state index in [-0.39, 0.29) is 11.4 Å². The van der Waals surface area contributed by atoms with E-state index < -0.39 is 26.8 Å². The molecule has 7 nitrogen and oxygen atoms in total. The summed E-state index contributed by atoms with van der Waals surface area (Å²) in [6, 6.07) is 10.6. The van der Waals surface area contributed by atoms with Crippen molar-refractivity contribution in [2.75, 3.05) is 26.5 Å². The van der Waals surface area contributed by atoms with Crippen LogP contribution in [0.3, 0.4) is 0 Å². The summed E-state index contributed by atoms with van der Waals surface area (Å²) in [6.07, 6.45) is 0. The van der Waals surface area contributed by atoms with Gasteiger partial charge in [-0.2, -0.15) is 16.1 Å². The van der Waals surface area contributed by atoms with E-state index in [2.05, 4.69) is 0 Å². The molecular weight excluding hydrogens is 426 g/mol. The molecule has 1 N–H and O–H groups in total. The summed E-state index contributed by atoms with van der Waals surface area (Å²) in [5, 5.41) is 9.71. The molecule has 1 atom stereocenters. The number of hydrogen-bond acceptors (Lipinski definition) is 6. The highest BCUT2D eigenvalue weighted by atomic mass is 32.2. The molecule has 1 heterocycles. The Kier molecular flexibility index (Phi) is 6.35. The smallest absolute Gasteiger partial charge is 0.323 e. The van der Waals surface area contributed by atoms with Crippen molar-refractivity contribution in [3.05, 3.63) is 42.5 Å². The van der Waals surface area contributed by atoms with Gasteiger partial charge in [0.2, 0.25) is 10.0 Å². The second-order valence-corrected chi connectivity index (χ2v) is 11.0. The number of rotatable bonds is 6. The fourth-order valence-electron chi connectivity index (χ4n) is 3.61. The Bertz CT molecular complexity index is 1030. The summed E-state index contributed by atoms with van der Waals surface area (Å²) >= 11 is 1.47. The molecule has 2 aromatic rings. The van der Waals surface area contributed by atoms with Crippen LogP contribution in [0.1, 0.15) is 13.8 Å². The lowest BCUT2D eigenvalue weighted by atomic mass is 10.0. The van der Waals surface area contributed by atoms with Crippen LogP contribution in [-0.2, 0) is 14.8 Å². The molecular formula is C21H25NO6S2. The van der Waals surface area contributed by atoms with E-state index in [0.29, 0.717) is 17.3 Å². The standard InChI is InChI=1S/C21H25NO6S2/c1-21(2)19(20(23)24)22(11-12-29-21)30(25,26)16-8-5-14(6-9-16)17-13-15(27-3)7-10-18(17)28-4/h5-10,13,19H,11-12H2,1-4H3,(H,23,24). The van der Waals surface area contributed by atoms with Gasteiger partial charge in [0.25, 0.3) is 0 Å². The first-order valence-electron chi connectivity index (χ1n) is 9.33. The molecule has 2 aromatic carbocycles. The highest BCUT2D eigenvalue weighted by Crippen LogP contribution is 2.39. The van der Waals surface area contributed by atoms with Crippen LogP contribution in [0, 0.1) is 0 Å². The number of carboxylic acid groups (broad SMARTS) is 1. The highest BCUT2D eigenvalue weighted by molar-refractivity contribution is 8.00. The maximum absolute atomic E-state index is 13.3. The van der Waals surface area contributed by atoms with Gasteiger partial charge in [0.1, 0.15) is 17.5 Å². The van der Waals surface area contributed by atoms with Gasteiger partial charge in [-0.3, -0.25) is 4.79 Å². The molecule has 0 aliphatic carbocycles. The zero-order valence-corrected chi connectivity index (χ0v) is 18.9. The number of ether oxygens (including phenoxy) is 2. The topological polar surface area (TPSA) is 93.1 Å². The molecule has 0 bridgehead atoms. The number of sulfonamides is 1. The van der Waals surface area contributed by atoms with Crippen LogP contribution in [0.4, 0.5) is 0 Å². The van der Waals surface area contributed by atoms with Crippen molar-refractivity contribution in [2.45, 2.75) is 29.5 Å². The van der Waals surface area contributed by atoms with Crippen LogP contribution in [0.5, 0.6) is 11.5 Å². The predicted octanol–water partition coefficient (Wildman–Crippen LogP) is 3.34. The Morgan fingerprint density at radius 3 is 2.37 bits per heavy atom. The molecule has 1 aliphatic rings. The monoisotopic (exact) mass is 451 g/mol. The molecule has 162 valence electrons. The molecule has 1 saturated heterocycles. The van der Waals surface area contributed by atoms with Crippen molar-refractivity contribution in [3.63, 3.8) is 0 Å². The van der Waals surface area contributed by atoms with Crippen molar-refractivity contribution in [3.8, 4) is 22.6 Å². The zero-order valence-electron chi connectivity index (χ0n) is 17.3. The lowest BCUT2D eigenvalue weighted by molar-refractivity contribution is -0.142. The molecule has 1 aliphatic heterocycles. The third-order valence-corrected chi connectivity index (χ3v) is 8.38. The normalized spacial score (nSPS) is 19.3. The second kappa shape index (κ2) is 8.49. The van der Waals surface area contributed by atoms with Gasteiger partial charge in [0.05, 0.1) is 19.1 Å². The average molecular weight is 452 g/mol. The van der Waals surface area contributed by atoms with Crippen LogP contribution in [0.25, 0.3) is 11.1 Å². The summed E-state index contributed by atoms with van der Waals surface area (Å²) in [4.78, 5) is 11.9. The molecule has 0 spiro atoms. The number of hydrogen-bond donors (Lipinski definition) is 1. The summed E-state index contributed by atoms with van der Waals surface area (Å²) in [5.41, 5.74) is 1.52. The van der Waals surface area contributed by atoms with Gasteiger partial charge in [0.15, 0.2) is 0 Å². The average Bonchev–Trinajstić information content (AvgIpc) is 2.72. The first-order chi connectivity index (χ1) is 14.1. The molecule has 1 unspecified atom stereocenters. The number of thioether (sulfide) groups is 1. The zero-order chi connectivity index (χ0) is 22.1. The highest BCUT2D eigenvalue weighted by Gasteiger charge is 2.48. The molecule has 1 fully saturated rings. The Labute approximate surface area is 181 Å². The quantitative estimate of drug-likeness (QED) is 0.720. The Morgan fingerprint density at radius 1 is 1.13 bits per heavy atom. The van der Waals surface area contributed by atoms with E-state index in [1.54, 1.807) is 52.3 Å². The van der Waals surface area contributed by atoms with Crippen molar-refractivity contribution >= 4 is 27.8 Å². The van der Waals surface area contributed by atoms with Crippen LogP contribution in [-0.4, -0.2) is 61.1 Å². The number of methoxy groups -OCH3 is 2. The van der Waals surface area contributed by atoms with E-state index in [4.69, 9.17) is 9.47 Å². The molecule has 9 heteroatoms. The third kappa shape index (κ3) is 4.14. The number of carboxylic acids is 1. The molecule has 0 saturated carbocycles. The SMILES string of the molecule is COc1ccc(OC)c(-c2ccc(S(=O)(=O)N3CCSC(C)(C)C3C(=O)O)cc2)c1. The van der Waals surface area contributed by atoms with Gasteiger partial charge in [-0.25, -0.2) is 8.42 Å². The largest absolute Gasteiger partial charge is 0.497 e. The van der Waals surface area contributed by atoms with E-state index >= 15 is 0 Å². The van der Waals surface area contributed by atoms with Gasteiger partial charge < -0.3 is 14.6 Å². The summed E-state index contributed by atoms with van der Waals surface area (Å²) < 4.78 is 37.6. The summed E-state index contributed by atoms with van der Waals surface area (Å²) in [5.74, 6) is 0.676. The minimum absolute atomic E-state index is 0.0575. The van der Waals surface area contributed by atoms with Crippen LogP contribution < -0.4 is 9.47 Å². The van der Waals surface area contributed by atoms with Crippen molar-refractivity contribution in [2.24, 2.45) is 0 Å². The maximum atomic E-state index is 13.3. The van der Waals surface area contributed by atoms with Crippen LogP contribution >= 0.6 is 11.8 Å². The maximum Gasteiger partial charge on any atom is 0.323 e. The molecule has 3 rings (SSSR count). The lowest BCUT2D eigenvalue weighted by Gasteiger charge is -2.42. The number of carbonyl (C=O) groups is 1. The van der Waals surface area contributed by atoms with Crippen molar-refractivity contribution < 1.29 is 27.8 Å². The second-order valence-electron chi connectivity index (χ2n) is 7.40. The third-order valence-electron chi connectivity index (χ3n) is 5.14. The molecule has 30 heavy (non-hydrogen) atoms. The van der Waals surface area contributed by atoms with Gasteiger partial charge in [0, 0.05) is 22.6 Å². The lowest BCUT2D eigenvalue weighted by Crippen LogP contribution is -2.58. The Hall–Kier alpha value is -2.23. The van der Waals surface area contributed by atoms with Gasteiger partial charge in [-0.1, -0.05) is 12.1 Å².